The van der Waals surface area contributed by atoms with Gasteiger partial charge in [0.1, 0.15) is 6.07 Å². The first-order chi connectivity index (χ1) is 21.3. The van der Waals surface area contributed by atoms with Gasteiger partial charge in [0.05, 0.1) is 23.9 Å². The van der Waals surface area contributed by atoms with E-state index in [0.717, 1.165) is 0 Å². The van der Waals surface area contributed by atoms with Crippen molar-refractivity contribution in [3.8, 4) is 23.1 Å². The SMILES string of the molecule is Cc1cc(Nc2nccn3c(-c4ccc(OCC#N)c(F)c4F)cnc23)ccc1C(=O)NCCNC(=O)C1CCNCC1O. The first kappa shape index (κ1) is 30.3. The van der Waals surface area contributed by atoms with E-state index in [1.54, 1.807) is 41.8 Å². The smallest absolute Gasteiger partial charge is 0.251 e. The van der Waals surface area contributed by atoms with Crippen molar-refractivity contribution in [3.05, 3.63) is 71.7 Å². The van der Waals surface area contributed by atoms with Crippen LogP contribution in [0.1, 0.15) is 22.3 Å². The van der Waals surface area contributed by atoms with Gasteiger partial charge >= 0.3 is 0 Å². The summed E-state index contributed by atoms with van der Waals surface area (Å²) in [6.07, 6.45) is 4.27. The number of aliphatic hydroxyl groups is 1. The molecule has 0 aliphatic carbocycles. The number of aryl methyl sites for hydroxylation is 1. The Balaban J connectivity index is 1.23. The summed E-state index contributed by atoms with van der Waals surface area (Å²) in [5, 5.41) is 30.4. The van der Waals surface area contributed by atoms with Crippen LogP contribution < -0.4 is 26.0 Å². The number of nitrogens with one attached hydrogen (secondary N) is 4. The van der Waals surface area contributed by atoms with Gasteiger partial charge in [-0.25, -0.2) is 14.4 Å². The summed E-state index contributed by atoms with van der Waals surface area (Å²) in [6, 6.07) is 9.43. The Hall–Kier alpha value is -5.13. The van der Waals surface area contributed by atoms with Gasteiger partial charge in [-0.1, -0.05) is 0 Å². The summed E-state index contributed by atoms with van der Waals surface area (Å²) in [5.74, 6) is -3.36. The van der Waals surface area contributed by atoms with Gasteiger partial charge in [0, 0.05) is 48.8 Å². The van der Waals surface area contributed by atoms with E-state index in [9.17, 15) is 23.5 Å². The van der Waals surface area contributed by atoms with Crippen LogP contribution in [-0.4, -0.2) is 70.2 Å². The lowest BCUT2D eigenvalue weighted by Crippen LogP contribution is -2.48. The highest BCUT2D eigenvalue weighted by Gasteiger charge is 2.29. The van der Waals surface area contributed by atoms with E-state index in [1.165, 1.54) is 24.5 Å². The maximum absolute atomic E-state index is 14.9. The number of aromatic nitrogens is 3. The highest BCUT2D eigenvalue weighted by atomic mass is 19.2. The number of amides is 2. The number of nitriles is 1. The van der Waals surface area contributed by atoms with Crippen molar-refractivity contribution in [1.82, 2.24) is 30.3 Å². The van der Waals surface area contributed by atoms with Crippen LogP contribution in [0.25, 0.3) is 16.9 Å². The molecule has 2 aromatic heterocycles. The minimum absolute atomic E-state index is 0.0499. The Labute approximate surface area is 251 Å². The summed E-state index contributed by atoms with van der Waals surface area (Å²) in [5.41, 5.74) is 2.33. The molecule has 44 heavy (non-hydrogen) atoms. The number of nitrogens with zero attached hydrogens (tertiary/aromatic N) is 4. The molecule has 0 spiro atoms. The van der Waals surface area contributed by atoms with Crippen molar-refractivity contribution in [2.75, 3.05) is 38.1 Å². The molecule has 4 aromatic rings. The molecule has 1 aliphatic heterocycles. The number of ether oxygens (including phenoxy) is 1. The molecular formula is C30H30F2N8O4. The number of imidazole rings is 1. The molecule has 1 saturated heterocycles. The molecule has 5 N–H and O–H groups in total. The zero-order valence-corrected chi connectivity index (χ0v) is 23.7. The summed E-state index contributed by atoms with van der Waals surface area (Å²) in [6.45, 7) is 2.87. The molecule has 1 fully saturated rings. The first-order valence-corrected chi connectivity index (χ1v) is 13.9. The topological polar surface area (TPSA) is 166 Å². The average Bonchev–Trinajstić information content (AvgIpc) is 3.45. The summed E-state index contributed by atoms with van der Waals surface area (Å²) >= 11 is 0. The van der Waals surface area contributed by atoms with Crippen LogP contribution in [0.3, 0.4) is 0 Å². The minimum Gasteiger partial charge on any atom is -0.476 e. The van der Waals surface area contributed by atoms with E-state index >= 15 is 0 Å². The second-order valence-electron chi connectivity index (χ2n) is 10.2. The number of rotatable bonds is 10. The largest absolute Gasteiger partial charge is 0.476 e. The van der Waals surface area contributed by atoms with Crippen molar-refractivity contribution >= 4 is 29.0 Å². The van der Waals surface area contributed by atoms with Crippen LogP contribution in [0.15, 0.2) is 48.9 Å². The number of halogens is 2. The van der Waals surface area contributed by atoms with Crippen molar-refractivity contribution in [1.29, 1.82) is 5.26 Å². The molecule has 2 atom stereocenters. The van der Waals surface area contributed by atoms with Crippen molar-refractivity contribution < 1.29 is 28.2 Å². The molecule has 228 valence electrons. The monoisotopic (exact) mass is 604 g/mol. The van der Waals surface area contributed by atoms with Crippen molar-refractivity contribution in [2.45, 2.75) is 19.4 Å². The fourth-order valence-electron chi connectivity index (χ4n) is 5.03. The number of hydrogen-bond acceptors (Lipinski definition) is 9. The maximum atomic E-state index is 14.9. The van der Waals surface area contributed by atoms with E-state index in [0.29, 0.717) is 47.8 Å². The Morgan fingerprint density at radius 2 is 2.00 bits per heavy atom. The van der Waals surface area contributed by atoms with Crippen LogP contribution >= 0.6 is 0 Å². The van der Waals surface area contributed by atoms with Gasteiger partial charge in [0.15, 0.2) is 29.6 Å². The predicted octanol–water partition coefficient (Wildman–Crippen LogP) is 2.45. The Morgan fingerprint density at radius 3 is 2.77 bits per heavy atom. The molecule has 0 bridgehead atoms. The molecular weight excluding hydrogens is 574 g/mol. The van der Waals surface area contributed by atoms with E-state index in [4.69, 9.17) is 10.00 Å². The number of fused-ring (bicyclic) bond motifs is 1. The van der Waals surface area contributed by atoms with Gasteiger partial charge in [-0.3, -0.25) is 14.0 Å². The van der Waals surface area contributed by atoms with Gasteiger partial charge < -0.3 is 31.1 Å². The highest BCUT2D eigenvalue weighted by Crippen LogP contribution is 2.32. The lowest BCUT2D eigenvalue weighted by Gasteiger charge is -2.27. The van der Waals surface area contributed by atoms with E-state index in [2.05, 4.69) is 31.2 Å². The second-order valence-corrected chi connectivity index (χ2v) is 10.2. The Morgan fingerprint density at radius 1 is 1.18 bits per heavy atom. The molecule has 2 amide bonds. The van der Waals surface area contributed by atoms with Crippen LogP contribution in [0.4, 0.5) is 20.3 Å². The molecule has 0 radical (unpaired) electrons. The Kier molecular flexibility index (Phi) is 9.27. The number of β-amino-alcohol motifs (C(OH)–C–C–N with tert-alkyl or cyclic N) is 1. The summed E-state index contributed by atoms with van der Waals surface area (Å²) in [7, 11) is 0. The normalized spacial score (nSPS) is 16.2. The van der Waals surface area contributed by atoms with Crippen molar-refractivity contribution in [2.24, 2.45) is 5.92 Å². The molecule has 2 unspecified atom stereocenters. The van der Waals surface area contributed by atoms with E-state index in [-0.39, 0.29) is 41.9 Å². The van der Waals surface area contributed by atoms with Gasteiger partial charge in [0.25, 0.3) is 5.91 Å². The van der Waals surface area contributed by atoms with E-state index < -0.39 is 30.3 Å². The minimum atomic E-state index is -1.21. The number of hydrogen-bond donors (Lipinski definition) is 5. The number of carbonyl (C=O) groups is 2. The van der Waals surface area contributed by atoms with Crippen LogP contribution in [0.2, 0.25) is 0 Å². The van der Waals surface area contributed by atoms with Crippen LogP contribution in [-0.2, 0) is 4.79 Å². The molecule has 0 saturated carbocycles. The van der Waals surface area contributed by atoms with Gasteiger partial charge in [-0.15, -0.1) is 0 Å². The summed E-state index contributed by atoms with van der Waals surface area (Å²) < 4.78 is 36.0. The number of piperidine rings is 1. The first-order valence-electron chi connectivity index (χ1n) is 13.9. The lowest BCUT2D eigenvalue weighted by atomic mass is 9.94. The third-order valence-electron chi connectivity index (χ3n) is 7.27. The zero-order chi connectivity index (χ0) is 31.2. The number of carbonyl (C=O) groups excluding carboxylic acids is 2. The fraction of sp³-hybridized carbons (Fsp3) is 0.300. The number of anilines is 2. The van der Waals surface area contributed by atoms with Gasteiger partial charge in [0.2, 0.25) is 11.7 Å². The maximum Gasteiger partial charge on any atom is 0.251 e. The molecule has 5 rings (SSSR count). The molecule has 12 nitrogen and oxygen atoms in total. The number of benzene rings is 2. The van der Waals surface area contributed by atoms with Crippen molar-refractivity contribution in [3.63, 3.8) is 0 Å². The number of aliphatic hydroxyl groups excluding tert-OH is 1. The zero-order valence-electron chi connectivity index (χ0n) is 23.7. The summed E-state index contributed by atoms with van der Waals surface area (Å²) in [4.78, 5) is 33.8. The lowest BCUT2D eigenvalue weighted by molar-refractivity contribution is -0.129. The molecule has 14 heteroatoms. The molecule has 2 aromatic carbocycles. The fourth-order valence-corrected chi connectivity index (χ4v) is 5.03. The van der Waals surface area contributed by atoms with Crippen LogP contribution in [0, 0.1) is 35.8 Å². The third-order valence-corrected chi connectivity index (χ3v) is 7.27. The van der Waals surface area contributed by atoms with Crippen LogP contribution in [0.5, 0.6) is 5.75 Å². The average molecular weight is 605 g/mol. The molecule has 3 heterocycles. The highest BCUT2D eigenvalue weighted by molar-refractivity contribution is 5.96. The quantitative estimate of drug-likeness (QED) is 0.171. The molecule has 1 aliphatic rings. The standard InChI is InChI=1S/C30H30F2N8O4/c1-17-14-18(2-3-19(17)29(42)36-9-10-37-30(43)21-6-8-34-16-23(21)41)39-27-28-38-15-22(40(28)12-11-35-27)20-4-5-24(44-13-7-33)26(32)25(20)31/h2-5,11-12,14-15,21,23,34,41H,6,8-10,13,16H2,1H3,(H,35,39)(H,36,42)(H,37,43). The Bertz CT molecular complexity index is 1740. The second kappa shape index (κ2) is 13.4. The van der Waals surface area contributed by atoms with E-state index in [1.807, 2.05) is 0 Å². The van der Waals surface area contributed by atoms with Gasteiger partial charge in [-0.2, -0.15) is 9.65 Å². The third kappa shape index (κ3) is 6.43. The predicted molar refractivity (Wildman–Crippen MR) is 156 cm³/mol. The van der Waals surface area contributed by atoms with Gasteiger partial charge in [-0.05, 0) is 55.8 Å².